The van der Waals surface area contributed by atoms with E-state index >= 15 is 0 Å². The van der Waals surface area contributed by atoms with Gasteiger partial charge in [0, 0.05) is 0 Å². The average Bonchev–Trinajstić information content (AvgIpc) is 2.16. The lowest BCUT2D eigenvalue weighted by Crippen LogP contribution is -2.42. The number of hydrogen-bond donors (Lipinski definition) is 2. The lowest BCUT2D eigenvalue weighted by atomic mass is 10.2. The highest BCUT2D eigenvalue weighted by Gasteiger charge is 2.27. The summed E-state index contributed by atoms with van der Waals surface area (Å²) in [7, 11) is 0. The largest absolute Gasteiger partial charge is 0.478 e. The number of nitrogens with zero attached hydrogens (tertiary/aromatic N) is 2. The summed E-state index contributed by atoms with van der Waals surface area (Å²) in [6, 6.07) is 8.81. The molecule has 0 heterocycles. The molecule has 0 spiro atoms. The van der Waals surface area contributed by atoms with Crippen molar-refractivity contribution in [1.82, 2.24) is 0 Å². The highest BCUT2D eigenvalue weighted by Crippen LogP contribution is 2.13. The summed E-state index contributed by atoms with van der Waals surface area (Å²) in [5, 5.41) is 15.9. The summed E-state index contributed by atoms with van der Waals surface area (Å²) in [6.45, 7) is 1.28. The summed E-state index contributed by atoms with van der Waals surface area (Å²) in [6.07, 6.45) is 0. The molecule has 0 fully saturated rings. The summed E-state index contributed by atoms with van der Waals surface area (Å²) >= 11 is 0. The van der Waals surface area contributed by atoms with Gasteiger partial charge in [-0.3, -0.25) is 5.73 Å². The third kappa shape index (κ3) is 2.63. The van der Waals surface area contributed by atoms with Gasteiger partial charge in [-0.25, -0.2) is 4.79 Å². The quantitative estimate of drug-likeness (QED) is 0.713. The van der Waals surface area contributed by atoms with Gasteiger partial charge in [0.05, 0.1) is 5.69 Å². The van der Waals surface area contributed by atoms with Crippen molar-refractivity contribution >= 4 is 11.7 Å². The third-order valence-electron chi connectivity index (χ3n) is 1.56. The van der Waals surface area contributed by atoms with Gasteiger partial charge in [-0.2, -0.15) is 10.2 Å². The molecule has 1 aromatic carbocycles. The average molecular weight is 193 g/mol. The van der Waals surface area contributed by atoms with Crippen LogP contribution in [0.1, 0.15) is 6.92 Å². The predicted molar refractivity (Wildman–Crippen MR) is 51.2 cm³/mol. The zero-order chi connectivity index (χ0) is 10.6. The second-order valence-corrected chi connectivity index (χ2v) is 2.99. The van der Waals surface area contributed by atoms with E-state index in [4.69, 9.17) is 10.8 Å². The third-order valence-corrected chi connectivity index (χ3v) is 1.56. The molecule has 0 aromatic heterocycles. The van der Waals surface area contributed by atoms with Crippen LogP contribution in [-0.2, 0) is 4.79 Å². The van der Waals surface area contributed by atoms with Gasteiger partial charge in [-0.05, 0) is 19.1 Å². The van der Waals surface area contributed by atoms with Gasteiger partial charge in [0.2, 0.25) is 5.66 Å². The topological polar surface area (TPSA) is 88.0 Å². The first-order valence-electron chi connectivity index (χ1n) is 4.02. The van der Waals surface area contributed by atoms with Gasteiger partial charge in [0.25, 0.3) is 0 Å². The Labute approximate surface area is 81.3 Å². The lowest BCUT2D eigenvalue weighted by molar-refractivity contribution is -0.142. The molecule has 3 N–H and O–H groups in total. The highest BCUT2D eigenvalue weighted by molar-refractivity contribution is 5.77. The van der Waals surface area contributed by atoms with Crippen LogP contribution in [0.25, 0.3) is 0 Å². The second-order valence-electron chi connectivity index (χ2n) is 2.99. The molecule has 0 saturated carbocycles. The maximum absolute atomic E-state index is 10.6. The van der Waals surface area contributed by atoms with E-state index in [0.29, 0.717) is 5.69 Å². The molecular formula is C9H11N3O2. The van der Waals surface area contributed by atoms with Crippen LogP contribution in [-0.4, -0.2) is 16.7 Å². The maximum atomic E-state index is 10.6. The van der Waals surface area contributed by atoms with E-state index in [1.54, 1.807) is 24.3 Å². The molecule has 1 atom stereocenters. The van der Waals surface area contributed by atoms with Gasteiger partial charge < -0.3 is 5.11 Å². The highest BCUT2D eigenvalue weighted by atomic mass is 16.4. The van der Waals surface area contributed by atoms with Crippen LogP contribution in [0.15, 0.2) is 40.6 Å². The maximum Gasteiger partial charge on any atom is 0.348 e. The van der Waals surface area contributed by atoms with Gasteiger partial charge in [0.1, 0.15) is 0 Å². The number of aliphatic carboxylic acids is 1. The minimum absolute atomic E-state index is 0.574. The summed E-state index contributed by atoms with van der Waals surface area (Å²) in [4.78, 5) is 10.6. The van der Waals surface area contributed by atoms with Crippen molar-refractivity contribution < 1.29 is 9.90 Å². The van der Waals surface area contributed by atoms with Crippen molar-refractivity contribution in [2.24, 2.45) is 16.0 Å². The second kappa shape index (κ2) is 3.97. The van der Waals surface area contributed by atoms with E-state index in [-0.39, 0.29) is 0 Å². The van der Waals surface area contributed by atoms with Crippen molar-refractivity contribution in [3.8, 4) is 0 Å². The Kier molecular flexibility index (Phi) is 2.93. The van der Waals surface area contributed by atoms with Gasteiger partial charge in [-0.1, -0.05) is 18.2 Å². The van der Waals surface area contributed by atoms with Crippen molar-refractivity contribution in [2.45, 2.75) is 12.6 Å². The fraction of sp³-hybridized carbons (Fsp3) is 0.222. The van der Waals surface area contributed by atoms with E-state index in [0.717, 1.165) is 0 Å². The zero-order valence-electron chi connectivity index (χ0n) is 7.71. The molecule has 0 amide bonds. The first-order chi connectivity index (χ1) is 6.52. The Balaban J connectivity index is 2.79. The normalized spacial score (nSPS) is 15.3. The number of hydrogen-bond acceptors (Lipinski definition) is 4. The lowest BCUT2D eigenvalue weighted by Gasteiger charge is -2.10. The fourth-order valence-electron chi connectivity index (χ4n) is 0.699. The molecule has 0 aliphatic carbocycles. The van der Waals surface area contributed by atoms with Crippen LogP contribution in [0.3, 0.4) is 0 Å². The van der Waals surface area contributed by atoms with E-state index in [9.17, 15) is 4.79 Å². The molecule has 0 aliphatic heterocycles. The molecule has 1 rings (SSSR count). The molecule has 5 nitrogen and oxygen atoms in total. The molecule has 74 valence electrons. The van der Waals surface area contributed by atoms with Crippen LogP contribution >= 0.6 is 0 Å². The van der Waals surface area contributed by atoms with E-state index in [2.05, 4.69) is 10.2 Å². The van der Waals surface area contributed by atoms with Crippen LogP contribution in [0.2, 0.25) is 0 Å². The number of rotatable bonds is 3. The van der Waals surface area contributed by atoms with Crippen LogP contribution in [0.5, 0.6) is 0 Å². The van der Waals surface area contributed by atoms with Gasteiger partial charge >= 0.3 is 5.97 Å². The minimum Gasteiger partial charge on any atom is -0.478 e. The van der Waals surface area contributed by atoms with Crippen LogP contribution in [0.4, 0.5) is 5.69 Å². The SMILES string of the molecule is C[C@@](N)(N=Nc1ccccc1)C(=O)O. The first-order valence-corrected chi connectivity index (χ1v) is 4.02. The number of azo groups is 1. The fourth-order valence-corrected chi connectivity index (χ4v) is 0.699. The number of carboxylic acid groups (broad SMARTS) is 1. The molecule has 1 aromatic rings. The minimum atomic E-state index is -1.67. The zero-order valence-corrected chi connectivity index (χ0v) is 7.71. The molecule has 0 unspecified atom stereocenters. The molecule has 0 saturated heterocycles. The first kappa shape index (κ1) is 10.3. The van der Waals surface area contributed by atoms with Crippen LogP contribution < -0.4 is 5.73 Å². The number of carbonyl (C=O) groups is 1. The summed E-state index contributed by atoms with van der Waals surface area (Å²) in [5.74, 6) is -1.21. The standard InChI is InChI=1S/C9H11N3O2/c1-9(10,8(13)14)12-11-7-5-3-2-4-6-7/h2-6H,10H2,1H3,(H,13,14)/t9-/m1/s1. The molecule has 0 aliphatic rings. The van der Waals surface area contributed by atoms with E-state index < -0.39 is 11.6 Å². The molecular weight excluding hydrogens is 182 g/mol. The van der Waals surface area contributed by atoms with Crippen molar-refractivity contribution in [3.05, 3.63) is 30.3 Å². The van der Waals surface area contributed by atoms with Crippen molar-refractivity contribution in [1.29, 1.82) is 0 Å². The number of nitrogens with two attached hydrogens (primary N) is 1. The Morgan fingerprint density at radius 2 is 2.00 bits per heavy atom. The Morgan fingerprint density at radius 3 is 2.50 bits per heavy atom. The Hall–Kier alpha value is -1.75. The Morgan fingerprint density at radius 1 is 1.43 bits per heavy atom. The molecule has 0 bridgehead atoms. The summed E-state index contributed by atoms with van der Waals surface area (Å²) < 4.78 is 0. The van der Waals surface area contributed by atoms with E-state index in [1.807, 2.05) is 6.07 Å². The molecule has 14 heavy (non-hydrogen) atoms. The smallest absolute Gasteiger partial charge is 0.348 e. The van der Waals surface area contributed by atoms with Gasteiger partial charge in [0.15, 0.2) is 0 Å². The number of benzene rings is 1. The Bertz CT molecular complexity index is 346. The van der Waals surface area contributed by atoms with Gasteiger partial charge in [-0.15, -0.1) is 0 Å². The molecule has 0 radical (unpaired) electrons. The predicted octanol–water partition coefficient (Wildman–Crippen LogP) is 1.53. The van der Waals surface area contributed by atoms with Crippen molar-refractivity contribution in [2.75, 3.05) is 0 Å². The summed E-state index contributed by atoms with van der Waals surface area (Å²) in [5.41, 5.74) is 4.25. The molecule has 5 heteroatoms. The van der Waals surface area contributed by atoms with Crippen LogP contribution in [0, 0.1) is 0 Å². The van der Waals surface area contributed by atoms with E-state index in [1.165, 1.54) is 6.92 Å². The monoisotopic (exact) mass is 193 g/mol. The number of carboxylic acids is 1. The van der Waals surface area contributed by atoms with Crippen molar-refractivity contribution in [3.63, 3.8) is 0 Å².